The van der Waals surface area contributed by atoms with E-state index in [-0.39, 0.29) is 5.54 Å². The average molecular weight is 239 g/mol. The normalized spacial score (nSPS) is 11.4. The summed E-state index contributed by atoms with van der Waals surface area (Å²) in [6, 6.07) is 21.4. The van der Waals surface area contributed by atoms with Crippen LogP contribution in [0.25, 0.3) is 0 Å². The lowest BCUT2D eigenvalue weighted by Crippen LogP contribution is -2.41. The molecule has 94 valence electrons. The standard InChI is InChI=1S/C17H21N/c1-3-14-17(18-2,15-10-6-4-7-11-15)16-12-8-5-9-13-16/h4-13,18H,3,14H2,1-2H3. The fraction of sp³-hybridized carbons (Fsp3) is 0.294. The number of nitrogens with one attached hydrogen (secondary N) is 1. The van der Waals surface area contributed by atoms with Gasteiger partial charge in [0.05, 0.1) is 5.54 Å². The molecule has 0 saturated heterocycles. The molecule has 0 saturated carbocycles. The molecule has 0 atom stereocenters. The molecule has 0 unspecified atom stereocenters. The highest BCUT2D eigenvalue weighted by Gasteiger charge is 2.30. The number of benzene rings is 2. The van der Waals surface area contributed by atoms with Gasteiger partial charge in [-0.1, -0.05) is 74.0 Å². The van der Waals surface area contributed by atoms with Crippen LogP contribution in [0.4, 0.5) is 0 Å². The van der Waals surface area contributed by atoms with Gasteiger partial charge in [-0.05, 0) is 24.6 Å². The Morgan fingerprint density at radius 2 is 1.28 bits per heavy atom. The second-order valence-corrected chi connectivity index (χ2v) is 4.64. The maximum atomic E-state index is 3.55. The fourth-order valence-electron chi connectivity index (χ4n) is 2.69. The molecule has 18 heavy (non-hydrogen) atoms. The van der Waals surface area contributed by atoms with Gasteiger partial charge in [-0.15, -0.1) is 0 Å². The minimum Gasteiger partial charge on any atom is -0.307 e. The summed E-state index contributed by atoms with van der Waals surface area (Å²) in [5, 5.41) is 3.55. The molecule has 0 aliphatic heterocycles. The summed E-state index contributed by atoms with van der Waals surface area (Å²) in [4.78, 5) is 0. The zero-order chi connectivity index (χ0) is 12.8. The summed E-state index contributed by atoms with van der Waals surface area (Å²) >= 11 is 0. The molecular formula is C17H21N. The zero-order valence-electron chi connectivity index (χ0n) is 11.2. The van der Waals surface area contributed by atoms with Crippen LogP contribution >= 0.6 is 0 Å². The third-order valence-electron chi connectivity index (χ3n) is 3.58. The first-order valence-corrected chi connectivity index (χ1v) is 6.63. The maximum absolute atomic E-state index is 3.55. The molecule has 2 aromatic carbocycles. The Balaban J connectivity index is 2.53. The van der Waals surface area contributed by atoms with Crippen molar-refractivity contribution in [3.8, 4) is 0 Å². The van der Waals surface area contributed by atoms with Crippen LogP contribution in [0.3, 0.4) is 0 Å². The predicted molar refractivity (Wildman–Crippen MR) is 77.6 cm³/mol. The first-order chi connectivity index (χ1) is 8.83. The van der Waals surface area contributed by atoms with Gasteiger partial charge in [0.2, 0.25) is 0 Å². The van der Waals surface area contributed by atoms with Gasteiger partial charge in [-0.3, -0.25) is 0 Å². The molecule has 0 amide bonds. The summed E-state index contributed by atoms with van der Waals surface area (Å²) < 4.78 is 0. The maximum Gasteiger partial charge on any atom is 0.0688 e. The molecule has 2 aromatic rings. The lowest BCUT2D eigenvalue weighted by Gasteiger charge is -2.35. The van der Waals surface area contributed by atoms with Gasteiger partial charge in [0.25, 0.3) is 0 Å². The van der Waals surface area contributed by atoms with Gasteiger partial charge in [-0.25, -0.2) is 0 Å². The molecule has 0 bridgehead atoms. The summed E-state index contributed by atoms with van der Waals surface area (Å²) in [5.41, 5.74) is 2.60. The van der Waals surface area contributed by atoms with Crippen LogP contribution in [-0.2, 0) is 5.54 Å². The highest BCUT2D eigenvalue weighted by molar-refractivity contribution is 5.38. The molecular weight excluding hydrogens is 218 g/mol. The first-order valence-electron chi connectivity index (χ1n) is 6.63. The Morgan fingerprint density at radius 1 is 0.833 bits per heavy atom. The Labute approximate surface area is 110 Å². The van der Waals surface area contributed by atoms with Crippen molar-refractivity contribution in [2.45, 2.75) is 25.3 Å². The van der Waals surface area contributed by atoms with Crippen molar-refractivity contribution >= 4 is 0 Å². The Hall–Kier alpha value is -1.60. The van der Waals surface area contributed by atoms with E-state index in [1.54, 1.807) is 0 Å². The monoisotopic (exact) mass is 239 g/mol. The molecule has 1 heteroatoms. The topological polar surface area (TPSA) is 12.0 Å². The lowest BCUT2D eigenvalue weighted by atomic mass is 9.79. The van der Waals surface area contributed by atoms with Crippen molar-refractivity contribution in [3.05, 3.63) is 71.8 Å². The van der Waals surface area contributed by atoms with Crippen molar-refractivity contribution in [2.24, 2.45) is 0 Å². The van der Waals surface area contributed by atoms with Crippen molar-refractivity contribution in [1.29, 1.82) is 0 Å². The lowest BCUT2D eigenvalue weighted by molar-refractivity contribution is 0.400. The van der Waals surface area contributed by atoms with Gasteiger partial charge < -0.3 is 5.32 Å². The summed E-state index contributed by atoms with van der Waals surface area (Å²) in [5.74, 6) is 0. The third-order valence-corrected chi connectivity index (χ3v) is 3.58. The Kier molecular flexibility index (Phi) is 4.16. The molecule has 0 radical (unpaired) electrons. The van der Waals surface area contributed by atoms with Crippen LogP contribution in [-0.4, -0.2) is 7.05 Å². The van der Waals surface area contributed by atoms with Crippen LogP contribution in [0.5, 0.6) is 0 Å². The van der Waals surface area contributed by atoms with E-state index in [4.69, 9.17) is 0 Å². The molecule has 0 aliphatic rings. The SMILES string of the molecule is CCCC(NC)(c1ccccc1)c1ccccc1. The van der Waals surface area contributed by atoms with Gasteiger partial charge in [0.1, 0.15) is 0 Å². The van der Waals surface area contributed by atoms with Crippen molar-refractivity contribution in [1.82, 2.24) is 5.32 Å². The van der Waals surface area contributed by atoms with Crippen LogP contribution < -0.4 is 5.32 Å². The largest absolute Gasteiger partial charge is 0.307 e. The van der Waals surface area contributed by atoms with E-state index in [1.165, 1.54) is 11.1 Å². The Morgan fingerprint density at radius 3 is 1.61 bits per heavy atom. The van der Waals surface area contributed by atoms with Gasteiger partial charge in [-0.2, -0.15) is 0 Å². The summed E-state index contributed by atoms with van der Waals surface area (Å²) in [7, 11) is 2.05. The van der Waals surface area contributed by atoms with Gasteiger partial charge in [0.15, 0.2) is 0 Å². The van der Waals surface area contributed by atoms with Crippen LogP contribution in [0.2, 0.25) is 0 Å². The third kappa shape index (κ3) is 2.32. The summed E-state index contributed by atoms with van der Waals surface area (Å²) in [6.45, 7) is 2.23. The van der Waals surface area contributed by atoms with E-state index in [1.807, 2.05) is 0 Å². The van der Waals surface area contributed by atoms with E-state index < -0.39 is 0 Å². The average Bonchev–Trinajstić information content (AvgIpc) is 2.47. The van der Waals surface area contributed by atoms with Crippen molar-refractivity contribution in [3.63, 3.8) is 0 Å². The molecule has 2 rings (SSSR count). The predicted octanol–water partition coefficient (Wildman–Crippen LogP) is 3.95. The number of rotatable bonds is 5. The molecule has 1 nitrogen and oxygen atoms in total. The van der Waals surface area contributed by atoms with E-state index in [2.05, 4.69) is 80.0 Å². The van der Waals surface area contributed by atoms with Crippen molar-refractivity contribution < 1.29 is 0 Å². The smallest absolute Gasteiger partial charge is 0.0688 e. The quantitative estimate of drug-likeness (QED) is 0.833. The Bertz CT molecular complexity index is 422. The van der Waals surface area contributed by atoms with Crippen LogP contribution in [0, 0.1) is 0 Å². The molecule has 0 fully saturated rings. The van der Waals surface area contributed by atoms with E-state index in [9.17, 15) is 0 Å². The number of hydrogen-bond donors (Lipinski definition) is 1. The molecule has 0 aliphatic carbocycles. The minimum absolute atomic E-state index is 0.0722. The van der Waals surface area contributed by atoms with Gasteiger partial charge >= 0.3 is 0 Å². The summed E-state index contributed by atoms with van der Waals surface area (Å²) in [6.07, 6.45) is 2.24. The van der Waals surface area contributed by atoms with Gasteiger partial charge in [0, 0.05) is 0 Å². The second kappa shape index (κ2) is 5.83. The minimum atomic E-state index is -0.0722. The fourth-order valence-corrected chi connectivity index (χ4v) is 2.69. The van der Waals surface area contributed by atoms with Crippen LogP contribution in [0.1, 0.15) is 30.9 Å². The number of hydrogen-bond acceptors (Lipinski definition) is 1. The molecule has 0 aromatic heterocycles. The van der Waals surface area contributed by atoms with Crippen molar-refractivity contribution in [2.75, 3.05) is 7.05 Å². The van der Waals surface area contributed by atoms with E-state index in [0.29, 0.717) is 0 Å². The van der Waals surface area contributed by atoms with E-state index in [0.717, 1.165) is 12.8 Å². The molecule has 0 spiro atoms. The highest BCUT2D eigenvalue weighted by Crippen LogP contribution is 2.33. The second-order valence-electron chi connectivity index (χ2n) is 4.64. The molecule has 1 N–H and O–H groups in total. The van der Waals surface area contributed by atoms with Crippen LogP contribution in [0.15, 0.2) is 60.7 Å². The zero-order valence-corrected chi connectivity index (χ0v) is 11.2. The highest BCUT2D eigenvalue weighted by atomic mass is 14.9. The first kappa shape index (κ1) is 12.8. The van der Waals surface area contributed by atoms with E-state index >= 15 is 0 Å². The molecule has 0 heterocycles.